The van der Waals surface area contributed by atoms with Gasteiger partial charge in [0.05, 0.1) is 12.2 Å². The lowest BCUT2D eigenvalue weighted by molar-refractivity contribution is -0.115. The monoisotopic (exact) mass is 450 g/mol. The summed E-state index contributed by atoms with van der Waals surface area (Å²) < 4.78 is 0. The van der Waals surface area contributed by atoms with Crippen LogP contribution in [0, 0.1) is 0 Å². The van der Waals surface area contributed by atoms with Gasteiger partial charge >= 0.3 is 0 Å². The Balaban J connectivity index is 1.51. The average molecular weight is 450 g/mol. The number of rotatable bonds is 7. The van der Waals surface area contributed by atoms with Crippen LogP contribution in [0.5, 0.6) is 0 Å². The van der Waals surface area contributed by atoms with Gasteiger partial charge in [-0.05, 0) is 47.9 Å². The van der Waals surface area contributed by atoms with Crippen LogP contribution in [0.15, 0.2) is 97.6 Å². The number of fused-ring (bicyclic) bond motifs is 1. The molecule has 3 aromatic carbocycles. The van der Waals surface area contributed by atoms with Gasteiger partial charge in [-0.1, -0.05) is 55.1 Å². The number of nitrogens with one attached hydrogen (secondary N) is 3. The van der Waals surface area contributed by atoms with E-state index in [1.807, 2.05) is 54.6 Å². The van der Waals surface area contributed by atoms with Gasteiger partial charge in [0.25, 0.3) is 5.91 Å². The lowest BCUT2D eigenvalue weighted by Gasteiger charge is -2.10. The zero-order valence-corrected chi connectivity index (χ0v) is 18.2. The lowest BCUT2D eigenvalue weighted by Crippen LogP contribution is -2.33. The highest BCUT2D eigenvalue weighted by atomic mass is 16.2. The Hall–Kier alpha value is -4.78. The van der Waals surface area contributed by atoms with Crippen LogP contribution >= 0.6 is 0 Å². The van der Waals surface area contributed by atoms with Crippen LogP contribution in [-0.2, 0) is 9.59 Å². The van der Waals surface area contributed by atoms with Crippen molar-refractivity contribution in [3.8, 4) is 11.3 Å². The van der Waals surface area contributed by atoms with Crippen molar-refractivity contribution in [3.63, 3.8) is 0 Å². The van der Waals surface area contributed by atoms with Crippen LogP contribution in [0.25, 0.3) is 22.0 Å². The molecule has 1 aromatic heterocycles. The molecule has 1 heterocycles. The second-order valence-electron chi connectivity index (χ2n) is 7.44. The van der Waals surface area contributed by atoms with E-state index in [4.69, 9.17) is 0 Å². The molecule has 3 N–H and O–H groups in total. The standard InChI is InChI=1S/C27H22N4O3/c1-2-25(32)31-23-12-6-8-18-14-15-19(16-21(18)23)22-11-7-13-24(30-22)27(34)28-17-26(33)29-20-9-4-3-5-10-20/h2-16H,1,17H2,(H,28,34)(H,29,33)(H,31,32). The number of amides is 3. The molecule has 3 amide bonds. The third-order valence-corrected chi connectivity index (χ3v) is 5.07. The smallest absolute Gasteiger partial charge is 0.270 e. The molecule has 7 heteroatoms. The van der Waals surface area contributed by atoms with Crippen molar-refractivity contribution < 1.29 is 14.4 Å². The van der Waals surface area contributed by atoms with Gasteiger partial charge in [0.2, 0.25) is 11.8 Å². The van der Waals surface area contributed by atoms with Crippen LogP contribution in [-0.4, -0.2) is 29.3 Å². The van der Waals surface area contributed by atoms with Gasteiger partial charge in [0, 0.05) is 22.3 Å². The number of hydrogen-bond donors (Lipinski definition) is 3. The van der Waals surface area contributed by atoms with Gasteiger partial charge in [-0.3, -0.25) is 14.4 Å². The summed E-state index contributed by atoms with van der Waals surface area (Å²) in [5.41, 5.74) is 2.88. The van der Waals surface area contributed by atoms with Crippen molar-refractivity contribution in [2.45, 2.75) is 0 Å². The Morgan fingerprint density at radius 2 is 1.65 bits per heavy atom. The minimum Gasteiger partial charge on any atom is -0.342 e. The molecule has 0 aliphatic carbocycles. The summed E-state index contributed by atoms with van der Waals surface area (Å²) in [7, 11) is 0. The second kappa shape index (κ2) is 10.2. The molecule has 4 rings (SSSR count). The van der Waals surface area contributed by atoms with Gasteiger partial charge in [-0.15, -0.1) is 0 Å². The Labute approximate surface area is 196 Å². The molecular formula is C27H22N4O3. The predicted octanol–water partition coefficient (Wildman–Crippen LogP) is 4.39. The maximum absolute atomic E-state index is 12.6. The molecule has 168 valence electrons. The quantitative estimate of drug-likeness (QED) is 0.364. The Morgan fingerprint density at radius 1 is 0.853 bits per heavy atom. The number of benzene rings is 3. The Bertz CT molecular complexity index is 1380. The molecule has 0 aliphatic heterocycles. The second-order valence-corrected chi connectivity index (χ2v) is 7.44. The molecule has 7 nitrogen and oxygen atoms in total. The normalized spacial score (nSPS) is 10.4. The molecule has 0 saturated heterocycles. The van der Waals surface area contributed by atoms with Crippen molar-refractivity contribution in [2.75, 3.05) is 17.2 Å². The largest absolute Gasteiger partial charge is 0.342 e. The number of para-hydroxylation sites is 1. The number of aromatic nitrogens is 1. The molecule has 4 aromatic rings. The summed E-state index contributed by atoms with van der Waals surface area (Å²) in [6.45, 7) is 3.31. The molecule has 0 unspecified atom stereocenters. The minimum absolute atomic E-state index is 0.179. The van der Waals surface area contributed by atoms with E-state index in [2.05, 4.69) is 27.5 Å². The minimum atomic E-state index is -0.454. The molecule has 0 saturated carbocycles. The molecule has 0 atom stereocenters. The first-order valence-electron chi connectivity index (χ1n) is 10.6. The molecule has 0 radical (unpaired) electrons. The fraction of sp³-hybridized carbons (Fsp3) is 0.0370. The number of carbonyl (C=O) groups is 3. The predicted molar refractivity (Wildman–Crippen MR) is 133 cm³/mol. The van der Waals surface area contributed by atoms with E-state index < -0.39 is 5.91 Å². The van der Waals surface area contributed by atoms with E-state index >= 15 is 0 Å². The number of nitrogens with zero attached hydrogens (tertiary/aromatic N) is 1. The van der Waals surface area contributed by atoms with Crippen LogP contribution < -0.4 is 16.0 Å². The number of pyridine rings is 1. The van der Waals surface area contributed by atoms with E-state index in [9.17, 15) is 14.4 Å². The maximum atomic E-state index is 12.6. The van der Waals surface area contributed by atoms with Gasteiger partial charge < -0.3 is 16.0 Å². The number of carbonyl (C=O) groups excluding carboxylic acids is 3. The first kappa shape index (κ1) is 22.4. The van der Waals surface area contributed by atoms with Gasteiger partial charge in [-0.2, -0.15) is 0 Å². The average Bonchev–Trinajstić information content (AvgIpc) is 2.88. The first-order chi connectivity index (χ1) is 16.5. The summed E-state index contributed by atoms with van der Waals surface area (Å²) >= 11 is 0. The summed E-state index contributed by atoms with van der Waals surface area (Å²) in [6.07, 6.45) is 1.21. The highest BCUT2D eigenvalue weighted by Crippen LogP contribution is 2.28. The van der Waals surface area contributed by atoms with E-state index in [0.29, 0.717) is 17.1 Å². The van der Waals surface area contributed by atoms with E-state index in [0.717, 1.165) is 16.3 Å². The zero-order chi connectivity index (χ0) is 23.9. The van der Waals surface area contributed by atoms with Crippen molar-refractivity contribution >= 4 is 39.9 Å². The molecule has 0 spiro atoms. The van der Waals surface area contributed by atoms with Crippen molar-refractivity contribution in [3.05, 3.63) is 103 Å². The van der Waals surface area contributed by atoms with Crippen LogP contribution in [0.3, 0.4) is 0 Å². The van der Waals surface area contributed by atoms with Crippen LogP contribution in [0.1, 0.15) is 10.5 Å². The third kappa shape index (κ3) is 5.34. The van der Waals surface area contributed by atoms with Crippen molar-refractivity contribution in [2.24, 2.45) is 0 Å². The van der Waals surface area contributed by atoms with Crippen LogP contribution in [0.2, 0.25) is 0 Å². The number of hydrogen-bond acceptors (Lipinski definition) is 4. The Kier molecular flexibility index (Phi) is 6.74. The number of anilines is 2. The van der Waals surface area contributed by atoms with Gasteiger partial charge in [0.1, 0.15) is 5.69 Å². The highest BCUT2D eigenvalue weighted by Gasteiger charge is 2.12. The molecule has 34 heavy (non-hydrogen) atoms. The first-order valence-corrected chi connectivity index (χ1v) is 10.6. The molecule has 0 fully saturated rings. The molecular weight excluding hydrogens is 428 g/mol. The lowest BCUT2D eigenvalue weighted by atomic mass is 10.0. The van der Waals surface area contributed by atoms with Crippen molar-refractivity contribution in [1.29, 1.82) is 0 Å². The van der Waals surface area contributed by atoms with E-state index in [1.54, 1.807) is 30.3 Å². The maximum Gasteiger partial charge on any atom is 0.270 e. The summed E-state index contributed by atoms with van der Waals surface area (Å²) in [4.78, 5) is 41.0. The highest BCUT2D eigenvalue weighted by molar-refractivity contribution is 6.06. The Morgan fingerprint density at radius 3 is 2.44 bits per heavy atom. The van der Waals surface area contributed by atoms with Gasteiger partial charge in [-0.25, -0.2) is 4.98 Å². The summed E-state index contributed by atoms with van der Waals surface area (Å²) in [6, 6.07) is 25.5. The molecule has 0 bridgehead atoms. The SMILES string of the molecule is C=CC(=O)Nc1cccc2ccc(-c3cccc(C(=O)NCC(=O)Nc4ccccc4)n3)cc12. The fourth-order valence-corrected chi connectivity index (χ4v) is 3.42. The zero-order valence-electron chi connectivity index (χ0n) is 18.2. The summed E-state index contributed by atoms with van der Waals surface area (Å²) in [5, 5.41) is 9.90. The summed E-state index contributed by atoms with van der Waals surface area (Å²) in [5.74, 6) is -1.09. The van der Waals surface area contributed by atoms with Crippen LogP contribution in [0.4, 0.5) is 11.4 Å². The fourth-order valence-electron chi connectivity index (χ4n) is 3.42. The topological polar surface area (TPSA) is 100 Å². The molecule has 0 aliphatic rings. The van der Waals surface area contributed by atoms with E-state index in [-0.39, 0.29) is 24.1 Å². The van der Waals surface area contributed by atoms with E-state index in [1.165, 1.54) is 6.08 Å². The third-order valence-electron chi connectivity index (χ3n) is 5.07. The van der Waals surface area contributed by atoms with Crippen molar-refractivity contribution in [1.82, 2.24) is 10.3 Å². The van der Waals surface area contributed by atoms with Gasteiger partial charge in [0.15, 0.2) is 0 Å².